The van der Waals surface area contributed by atoms with E-state index in [1.807, 2.05) is 0 Å². The van der Waals surface area contributed by atoms with Gasteiger partial charge in [0.1, 0.15) is 5.82 Å². The molecule has 1 N–H and O–H groups in total. The van der Waals surface area contributed by atoms with E-state index in [0.29, 0.717) is 0 Å². The van der Waals surface area contributed by atoms with Gasteiger partial charge in [0.25, 0.3) is 0 Å². The number of carboxylic acids is 1. The Labute approximate surface area is 97.3 Å². The summed E-state index contributed by atoms with van der Waals surface area (Å²) in [6.45, 7) is 0. The van der Waals surface area contributed by atoms with Crippen molar-refractivity contribution >= 4 is 18.0 Å². The van der Waals surface area contributed by atoms with Crippen molar-refractivity contribution < 1.29 is 23.8 Å². The maximum atomic E-state index is 12.9. The van der Waals surface area contributed by atoms with E-state index in [4.69, 9.17) is 5.11 Å². The summed E-state index contributed by atoms with van der Waals surface area (Å²) in [6, 6.07) is 3.34. The van der Waals surface area contributed by atoms with Crippen molar-refractivity contribution in [2.45, 2.75) is 6.42 Å². The number of halogens is 1. The first-order chi connectivity index (χ1) is 8.04. The number of esters is 1. The Morgan fingerprint density at radius 2 is 2.18 bits per heavy atom. The molecule has 0 amide bonds. The Hall–Kier alpha value is -2.17. The van der Waals surface area contributed by atoms with Gasteiger partial charge in [-0.2, -0.15) is 0 Å². The van der Waals surface area contributed by atoms with Crippen LogP contribution in [-0.4, -0.2) is 24.2 Å². The quantitative estimate of drug-likeness (QED) is 0.816. The number of hydrogen-bond donors (Lipinski definition) is 1. The van der Waals surface area contributed by atoms with Gasteiger partial charge in [-0.15, -0.1) is 0 Å². The maximum absolute atomic E-state index is 12.9. The second kappa shape index (κ2) is 5.79. The summed E-state index contributed by atoms with van der Waals surface area (Å²) in [5.41, 5.74) is 0.189. The van der Waals surface area contributed by atoms with Crippen molar-refractivity contribution in [1.82, 2.24) is 0 Å². The highest BCUT2D eigenvalue weighted by Gasteiger charge is 2.08. The predicted molar refractivity (Wildman–Crippen MR) is 59.0 cm³/mol. The molecule has 90 valence electrons. The first-order valence-electron chi connectivity index (χ1n) is 4.81. The SMILES string of the molecule is COC(=O)CC=Cc1cc(F)ccc1C(=O)O. The first kappa shape index (κ1) is 12.9. The number of aromatic carboxylic acids is 1. The molecule has 17 heavy (non-hydrogen) atoms. The number of hydrogen-bond acceptors (Lipinski definition) is 3. The molecule has 0 bridgehead atoms. The van der Waals surface area contributed by atoms with Gasteiger partial charge in [-0.1, -0.05) is 12.2 Å². The Morgan fingerprint density at radius 1 is 1.47 bits per heavy atom. The van der Waals surface area contributed by atoms with Crippen molar-refractivity contribution in [1.29, 1.82) is 0 Å². The molecule has 0 aromatic heterocycles. The van der Waals surface area contributed by atoms with Gasteiger partial charge in [-0.05, 0) is 23.8 Å². The van der Waals surface area contributed by atoms with Crippen molar-refractivity contribution in [3.63, 3.8) is 0 Å². The maximum Gasteiger partial charge on any atom is 0.336 e. The summed E-state index contributed by atoms with van der Waals surface area (Å²) >= 11 is 0. The van der Waals surface area contributed by atoms with Crippen LogP contribution in [0.1, 0.15) is 22.3 Å². The second-order valence-electron chi connectivity index (χ2n) is 3.22. The molecule has 4 nitrogen and oxygen atoms in total. The van der Waals surface area contributed by atoms with Gasteiger partial charge in [0.2, 0.25) is 0 Å². The molecular formula is C12H11FO4. The lowest BCUT2D eigenvalue weighted by molar-refractivity contribution is -0.139. The molecule has 1 rings (SSSR count). The predicted octanol–water partition coefficient (Wildman–Crippen LogP) is 2.10. The summed E-state index contributed by atoms with van der Waals surface area (Å²) in [4.78, 5) is 21.7. The molecule has 0 fully saturated rings. The number of ether oxygens (including phenoxy) is 1. The van der Waals surface area contributed by atoms with Crippen LogP contribution in [0, 0.1) is 5.82 Å². The number of benzene rings is 1. The normalized spacial score (nSPS) is 10.5. The third kappa shape index (κ3) is 3.71. The third-order valence-corrected chi connectivity index (χ3v) is 2.05. The first-order valence-corrected chi connectivity index (χ1v) is 4.81. The minimum Gasteiger partial charge on any atom is -0.478 e. The Morgan fingerprint density at radius 3 is 2.76 bits per heavy atom. The van der Waals surface area contributed by atoms with Gasteiger partial charge < -0.3 is 9.84 Å². The number of carboxylic acid groups (broad SMARTS) is 1. The summed E-state index contributed by atoms with van der Waals surface area (Å²) in [5, 5.41) is 8.86. The van der Waals surface area contributed by atoms with Gasteiger partial charge in [0.15, 0.2) is 0 Å². The van der Waals surface area contributed by atoms with Crippen molar-refractivity contribution in [3.8, 4) is 0 Å². The number of methoxy groups -OCH3 is 1. The van der Waals surface area contributed by atoms with Crippen LogP contribution in [0.3, 0.4) is 0 Å². The standard InChI is InChI=1S/C12H11FO4/c1-17-11(14)4-2-3-8-7-9(13)5-6-10(8)12(15)16/h2-3,5-7H,4H2,1H3,(H,15,16). The van der Waals surface area contributed by atoms with Crippen LogP contribution in [0.5, 0.6) is 0 Å². The molecule has 5 heteroatoms. The summed E-state index contributed by atoms with van der Waals surface area (Å²) in [7, 11) is 1.25. The van der Waals surface area contributed by atoms with Crippen LogP contribution in [0.15, 0.2) is 24.3 Å². The molecule has 1 aromatic carbocycles. The molecular weight excluding hydrogens is 227 g/mol. The van der Waals surface area contributed by atoms with Crippen LogP contribution in [0.4, 0.5) is 4.39 Å². The van der Waals surface area contributed by atoms with E-state index in [9.17, 15) is 14.0 Å². The summed E-state index contributed by atoms with van der Waals surface area (Å²) in [6.07, 6.45) is 2.81. The molecule has 0 atom stereocenters. The van der Waals surface area contributed by atoms with Crippen molar-refractivity contribution in [3.05, 3.63) is 41.2 Å². The van der Waals surface area contributed by atoms with Gasteiger partial charge >= 0.3 is 11.9 Å². The average molecular weight is 238 g/mol. The molecule has 1 aromatic rings. The second-order valence-corrected chi connectivity index (χ2v) is 3.22. The lowest BCUT2D eigenvalue weighted by atomic mass is 10.1. The molecule has 0 unspecified atom stereocenters. The van der Waals surface area contributed by atoms with Crippen LogP contribution in [0.2, 0.25) is 0 Å². The van der Waals surface area contributed by atoms with E-state index in [1.54, 1.807) is 0 Å². The van der Waals surface area contributed by atoms with E-state index in [2.05, 4.69) is 4.74 Å². The van der Waals surface area contributed by atoms with Gasteiger partial charge in [-0.3, -0.25) is 4.79 Å². The smallest absolute Gasteiger partial charge is 0.336 e. The van der Waals surface area contributed by atoms with E-state index < -0.39 is 17.8 Å². The molecule has 0 saturated carbocycles. The molecule has 0 heterocycles. The number of carbonyl (C=O) groups excluding carboxylic acids is 1. The molecule has 0 saturated heterocycles. The lowest BCUT2D eigenvalue weighted by Gasteiger charge is -2.01. The highest BCUT2D eigenvalue weighted by Crippen LogP contribution is 2.13. The fourth-order valence-electron chi connectivity index (χ4n) is 1.23. The van der Waals surface area contributed by atoms with E-state index in [-0.39, 0.29) is 17.5 Å². The Balaban J connectivity index is 2.92. The fourth-order valence-corrected chi connectivity index (χ4v) is 1.23. The highest BCUT2D eigenvalue weighted by atomic mass is 19.1. The minimum atomic E-state index is -1.15. The molecule has 0 aliphatic carbocycles. The highest BCUT2D eigenvalue weighted by molar-refractivity contribution is 5.92. The molecule has 0 aliphatic rings. The Kier molecular flexibility index (Phi) is 4.39. The van der Waals surface area contributed by atoms with Crippen molar-refractivity contribution in [2.75, 3.05) is 7.11 Å². The van der Waals surface area contributed by atoms with E-state index in [0.717, 1.165) is 12.1 Å². The topological polar surface area (TPSA) is 63.6 Å². The van der Waals surface area contributed by atoms with Crippen LogP contribution in [0.25, 0.3) is 6.08 Å². The largest absolute Gasteiger partial charge is 0.478 e. The minimum absolute atomic E-state index is 0.00602. The van der Waals surface area contributed by atoms with Crippen LogP contribution >= 0.6 is 0 Å². The van der Waals surface area contributed by atoms with Crippen LogP contribution in [-0.2, 0) is 9.53 Å². The number of carbonyl (C=O) groups is 2. The number of rotatable bonds is 4. The Bertz CT molecular complexity index is 466. The summed E-state index contributed by atoms with van der Waals surface area (Å²) in [5.74, 6) is -2.13. The lowest BCUT2D eigenvalue weighted by Crippen LogP contribution is -2.00. The van der Waals surface area contributed by atoms with Gasteiger partial charge in [0, 0.05) is 0 Å². The summed E-state index contributed by atoms with van der Waals surface area (Å²) < 4.78 is 17.4. The zero-order chi connectivity index (χ0) is 12.8. The molecule has 0 spiro atoms. The average Bonchev–Trinajstić information content (AvgIpc) is 2.28. The van der Waals surface area contributed by atoms with Gasteiger partial charge in [0.05, 0.1) is 19.1 Å². The molecule has 0 aliphatic heterocycles. The van der Waals surface area contributed by atoms with Crippen LogP contribution < -0.4 is 0 Å². The monoisotopic (exact) mass is 238 g/mol. The zero-order valence-electron chi connectivity index (χ0n) is 9.14. The molecule has 0 radical (unpaired) electrons. The fraction of sp³-hybridized carbons (Fsp3) is 0.167. The van der Waals surface area contributed by atoms with Gasteiger partial charge in [-0.25, -0.2) is 9.18 Å². The third-order valence-electron chi connectivity index (χ3n) is 2.05. The zero-order valence-corrected chi connectivity index (χ0v) is 9.14. The van der Waals surface area contributed by atoms with E-state index >= 15 is 0 Å². The van der Waals surface area contributed by atoms with Crippen molar-refractivity contribution in [2.24, 2.45) is 0 Å². The van der Waals surface area contributed by atoms with E-state index in [1.165, 1.54) is 25.3 Å².